The summed E-state index contributed by atoms with van der Waals surface area (Å²) in [6, 6.07) is 0.283. The zero-order valence-corrected chi connectivity index (χ0v) is 11.3. The van der Waals surface area contributed by atoms with Crippen molar-refractivity contribution < 1.29 is 4.74 Å². The average molecular weight is 288 g/mol. The Morgan fingerprint density at radius 1 is 1.44 bits per heavy atom. The third-order valence-electron chi connectivity index (χ3n) is 2.15. The summed E-state index contributed by atoms with van der Waals surface area (Å²) >= 11 is 3.32. The monoisotopic (exact) mass is 287 g/mol. The number of hydrogen-bond donors (Lipinski definition) is 1. The maximum Gasteiger partial charge on any atom is 0.129 e. The molecule has 1 aromatic heterocycles. The normalized spacial score (nSPS) is 12.7. The highest BCUT2D eigenvalue weighted by molar-refractivity contribution is 9.10. The van der Waals surface area contributed by atoms with E-state index in [9.17, 15) is 0 Å². The van der Waals surface area contributed by atoms with E-state index in [1.54, 1.807) is 19.5 Å². The van der Waals surface area contributed by atoms with Crippen LogP contribution in [-0.4, -0.2) is 36.3 Å². The molecular formula is C11H18BrN3O. The maximum absolute atomic E-state index is 5.17. The molecule has 1 unspecified atom stereocenters. The molecule has 0 amide bonds. The number of halogens is 1. The molecule has 1 atom stereocenters. The first-order chi connectivity index (χ1) is 7.76. The number of aromatic nitrogens is 2. The van der Waals surface area contributed by atoms with Gasteiger partial charge in [0.15, 0.2) is 0 Å². The third-order valence-corrected chi connectivity index (χ3v) is 2.56. The van der Waals surface area contributed by atoms with Gasteiger partial charge >= 0.3 is 0 Å². The summed E-state index contributed by atoms with van der Waals surface area (Å²) in [5.41, 5.74) is 0. The minimum Gasteiger partial charge on any atom is -0.383 e. The third kappa shape index (κ3) is 5.01. The van der Waals surface area contributed by atoms with E-state index in [2.05, 4.69) is 38.1 Å². The van der Waals surface area contributed by atoms with E-state index in [1.807, 2.05) is 0 Å². The fourth-order valence-corrected chi connectivity index (χ4v) is 1.61. The van der Waals surface area contributed by atoms with Crippen molar-refractivity contribution in [2.75, 3.05) is 20.3 Å². The van der Waals surface area contributed by atoms with E-state index in [0.29, 0.717) is 6.61 Å². The number of ether oxygens (including phenoxy) is 1. The Hall–Kier alpha value is -0.520. The highest BCUT2D eigenvalue weighted by Crippen LogP contribution is 2.05. The Kier molecular flexibility index (Phi) is 6.52. The van der Waals surface area contributed by atoms with E-state index in [1.165, 1.54) is 0 Å². The summed E-state index contributed by atoms with van der Waals surface area (Å²) in [5, 5.41) is 3.42. The van der Waals surface area contributed by atoms with Gasteiger partial charge in [0.1, 0.15) is 5.82 Å². The molecule has 0 aliphatic heterocycles. The van der Waals surface area contributed by atoms with E-state index >= 15 is 0 Å². The molecule has 0 spiro atoms. The molecule has 0 saturated carbocycles. The van der Waals surface area contributed by atoms with Crippen LogP contribution in [0.5, 0.6) is 0 Å². The predicted octanol–water partition coefficient (Wildman–Crippen LogP) is 1.80. The van der Waals surface area contributed by atoms with Crippen LogP contribution in [0.1, 0.15) is 19.2 Å². The molecule has 0 radical (unpaired) electrons. The molecule has 0 fully saturated rings. The zero-order valence-electron chi connectivity index (χ0n) is 9.74. The molecule has 1 heterocycles. The lowest BCUT2D eigenvalue weighted by Gasteiger charge is -2.16. The van der Waals surface area contributed by atoms with Crippen LogP contribution in [0.15, 0.2) is 16.9 Å². The SMILES string of the molecule is CCCNC(COC)Cc1ncc(Br)cn1. The molecule has 1 aromatic rings. The van der Waals surface area contributed by atoms with Crippen LogP contribution in [0.25, 0.3) is 0 Å². The molecule has 0 bridgehead atoms. The molecule has 90 valence electrons. The lowest BCUT2D eigenvalue weighted by Crippen LogP contribution is -2.36. The lowest BCUT2D eigenvalue weighted by atomic mass is 10.2. The van der Waals surface area contributed by atoms with Gasteiger partial charge in [-0.15, -0.1) is 0 Å². The van der Waals surface area contributed by atoms with Crippen LogP contribution >= 0.6 is 15.9 Å². The molecule has 0 saturated heterocycles. The van der Waals surface area contributed by atoms with Crippen LogP contribution in [0.3, 0.4) is 0 Å². The Labute approximate surface area is 105 Å². The molecule has 1 N–H and O–H groups in total. The van der Waals surface area contributed by atoms with Crippen LogP contribution < -0.4 is 5.32 Å². The van der Waals surface area contributed by atoms with Crippen molar-refractivity contribution in [3.8, 4) is 0 Å². The van der Waals surface area contributed by atoms with Gasteiger partial charge in [0.2, 0.25) is 0 Å². The summed E-state index contributed by atoms with van der Waals surface area (Å²) in [6.07, 6.45) is 5.45. The number of nitrogens with zero attached hydrogens (tertiary/aromatic N) is 2. The van der Waals surface area contributed by atoms with E-state index in [-0.39, 0.29) is 6.04 Å². The maximum atomic E-state index is 5.17. The first kappa shape index (κ1) is 13.5. The second-order valence-corrected chi connectivity index (χ2v) is 4.54. The summed E-state index contributed by atoms with van der Waals surface area (Å²) in [5.74, 6) is 0.842. The minimum atomic E-state index is 0.283. The van der Waals surface area contributed by atoms with Gasteiger partial charge in [-0.05, 0) is 28.9 Å². The minimum absolute atomic E-state index is 0.283. The topological polar surface area (TPSA) is 47.0 Å². The quantitative estimate of drug-likeness (QED) is 0.831. The number of rotatable bonds is 7. The molecule has 0 aliphatic rings. The first-order valence-electron chi connectivity index (χ1n) is 5.45. The second kappa shape index (κ2) is 7.70. The highest BCUT2D eigenvalue weighted by Gasteiger charge is 2.09. The Morgan fingerprint density at radius 2 is 2.12 bits per heavy atom. The first-order valence-corrected chi connectivity index (χ1v) is 6.24. The predicted molar refractivity (Wildman–Crippen MR) is 67.4 cm³/mol. The van der Waals surface area contributed by atoms with Crippen molar-refractivity contribution in [1.82, 2.24) is 15.3 Å². The van der Waals surface area contributed by atoms with E-state index < -0.39 is 0 Å². The fourth-order valence-electron chi connectivity index (χ4n) is 1.40. The molecule has 5 heteroatoms. The summed E-state index contributed by atoms with van der Waals surface area (Å²) < 4.78 is 6.07. The molecule has 1 rings (SSSR count). The van der Waals surface area contributed by atoms with Crippen molar-refractivity contribution in [3.05, 3.63) is 22.7 Å². The van der Waals surface area contributed by atoms with Crippen LogP contribution in [0.4, 0.5) is 0 Å². The molecule has 0 aromatic carbocycles. The van der Waals surface area contributed by atoms with Gasteiger partial charge in [-0.2, -0.15) is 0 Å². The van der Waals surface area contributed by atoms with Gasteiger partial charge in [0.05, 0.1) is 11.1 Å². The van der Waals surface area contributed by atoms with Crippen molar-refractivity contribution in [2.24, 2.45) is 0 Å². The Balaban J connectivity index is 2.49. The van der Waals surface area contributed by atoms with E-state index in [0.717, 1.165) is 29.7 Å². The van der Waals surface area contributed by atoms with Crippen LogP contribution in [-0.2, 0) is 11.2 Å². The van der Waals surface area contributed by atoms with Gasteiger partial charge in [-0.3, -0.25) is 0 Å². The van der Waals surface area contributed by atoms with Gasteiger partial charge in [0.25, 0.3) is 0 Å². The summed E-state index contributed by atoms with van der Waals surface area (Å²) in [6.45, 7) is 3.82. The smallest absolute Gasteiger partial charge is 0.129 e. The summed E-state index contributed by atoms with van der Waals surface area (Å²) in [7, 11) is 1.71. The lowest BCUT2D eigenvalue weighted by molar-refractivity contribution is 0.165. The fraction of sp³-hybridized carbons (Fsp3) is 0.636. The van der Waals surface area contributed by atoms with Gasteiger partial charge < -0.3 is 10.1 Å². The van der Waals surface area contributed by atoms with Gasteiger partial charge in [0, 0.05) is 32.0 Å². The Bertz CT molecular complexity index is 292. The number of nitrogens with one attached hydrogen (secondary N) is 1. The standard InChI is InChI=1S/C11H18BrN3O/c1-3-4-13-10(8-16-2)5-11-14-6-9(12)7-15-11/h6-7,10,13H,3-5,8H2,1-2H3. The molecular weight excluding hydrogens is 270 g/mol. The molecule has 16 heavy (non-hydrogen) atoms. The molecule has 0 aliphatic carbocycles. The van der Waals surface area contributed by atoms with Crippen molar-refractivity contribution in [1.29, 1.82) is 0 Å². The summed E-state index contributed by atoms with van der Waals surface area (Å²) in [4.78, 5) is 8.51. The van der Waals surface area contributed by atoms with Crippen molar-refractivity contribution >= 4 is 15.9 Å². The van der Waals surface area contributed by atoms with Crippen molar-refractivity contribution in [2.45, 2.75) is 25.8 Å². The average Bonchev–Trinajstić information content (AvgIpc) is 2.29. The van der Waals surface area contributed by atoms with Crippen LogP contribution in [0.2, 0.25) is 0 Å². The highest BCUT2D eigenvalue weighted by atomic mass is 79.9. The van der Waals surface area contributed by atoms with Crippen molar-refractivity contribution in [3.63, 3.8) is 0 Å². The van der Waals surface area contributed by atoms with Gasteiger partial charge in [-0.1, -0.05) is 6.92 Å². The zero-order chi connectivity index (χ0) is 11.8. The number of hydrogen-bond acceptors (Lipinski definition) is 4. The second-order valence-electron chi connectivity index (χ2n) is 3.63. The van der Waals surface area contributed by atoms with E-state index in [4.69, 9.17) is 4.74 Å². The largest absolute Gasteiger partial charge is 0.383 e. The van der Waals surface area contributed by atoms with Gasteiger partial charge in [-0.25, -0.2) is 9.97 Å². The Morgan fingerprint density at radius 3 is 2.69 bits per heavy atom. The van der Waals surface area contributed by atoms with Crippen LogP contribution in [0, 0.1) is 0 Å². The molecule has 4 nitrogen and oxygen atoms in total. The number of methoxy groups -OCH3 is 1.